The van der Waals surface area contributed by atoms with Crippen molar-refractivity contribution in [2.45, 2.75) is 59.8 Å². The molecule has 1 aliphatic carbocycles. The summed E-state index contributed by atoms with van der Waals surface area (Å²) < 4.78 is 0. The van der Waals surface area contributed by atoms with Gasteiger partial charge in [0.15, 0.2) is 0 Å². The molecule has 0 amide bonds. The molecule has 0 aliphatic heterocycles. The first kappa shape index (κ1) is 14.0. The molecule has 1 saturated carbocycles. The molecule has 1 aliphatic rings. The van der Waals surface area contributed by atoms with Crippen LogP contribution in [0.25, 0.3) is 0 Å². The third-order valence-electron chi connectivity index (χ3n) is 4.81. The van der Waals surface area contributed by atoms with Crippen molar-refractivity contribution in [1.29, 1.82) is 0 Å². The third-order valence-corrected chi connectivity index (χ3v) is 4.81. The highest BCUT2D eigenvalue weighted by Crippen LogP contribution is 2.41. The van der Waals surface area contributed by atoms with Gasteiger partial charge in [-0.15, -0.1) is 0 Å². The lowest BCUT2D eigenvalue weighted by Gasteiger charge is -2.40. The molecule has 1 heteroatoms. The minimum Gasteiger partial charge on any atom is -0.330 e. The van der Waals surface area contributed by atoms with E-state index in [9.17, 15) is 0 Å². The monoisotopic (exact) mass is 225 g/mol. The van der Waals surface area contributed by atoms with Crippen molar-refractivity contribution in [1.82, 2.24) is 0 Å². The molecule has 96 valence electrons. The first-order valence-electron chi connectivity index (χ1n) is 7.30. The van der Waals surface area contributed by atoms with E-state index in [1.165, 1.54) is 32.1 Å². The van der Waals surface area contributed by atoms with Crippen LogP contribution >= 0.6 is 0 Å². The molecule has 0 saturated heterocycles. The van der Waals surface area contributed by atoms with E-state index in [2.05, 4.69) is 27.7 Å². The van der Waals surface area contributed by atoms with Crippen LogP contribution in [-0.2, 0) is 0 Å². The van der Waals surface area contributed by atoms with Crippen LogP contribution in [0.2, 0.25) is 0 Å². The van der Waals surface area contributed by atoms with Crippen molar-refractivity contribution in [3.63, 3.8) is 0 Å². The van der Waals surface area contributed by atoms with E-state index in [1.54, 1.807) is 0 Å². The Balaban J connectivity index is 2.59. The van der Waals surface area contributed by atoms with Gasteiger partial charge in [-0.2, -0.15) is 0 Å². The second-order valence-electron chi connectivity index (χ2n) is 6.24. The van der Waals surface area contributed by atoms with Gasteiger partial charge in [0.25, 0.3) is 0 Å². The summed E-state index contributed by atoms with van der Waals surface area (Å²) in [4.78, 5) is 0. The average molecular weight is 225 g/mol. The first-order valence-corrected chi connectivity index (χ1v) is 7.30. The molecule has 0 bridgehead atoms. The maximum atomic E-state index is 5.95. The Morgan fingerprint density at radius 1 is 1.19 bits per heavy atom. The van der Waals surface area contributed by atoms with Crippen molar-refractivity contribution in [2.75, 3.05) is 6.54 Å². The molecule has 1 fully saturated rings. The van der Waals surface area contributed by atoms with Crippen molar-refractivity contribution in [3.8, 4) is 0 Å². The van der Waals surface area contributed by atoms with Gasteiger partial charge >= 0.3 is 0 Å². The van der Waals surface area contributed by atoms with Crippen molar-refractivity contribution < 1.29 is 0 Å². The molecule has 0 aromatic heterocycles. The van der Waals surface area contributed by atoms with Gasteiger partial charge in [-0.25, -0.2) is 0 Å². The van der Waals surface area contributed by atoms with Gasteiger partial charge in [0.2, 0.25) is 0 Å². The van der Waals surface area contributed by atoms with E-state index in [0.717, 1.165) is 36.1 Å². The van der Waals surface area contributed by atoms with Gasteiger partial charge in [-0.3, -0.25) is 0 Å². The molecule has 1 nitrogen and oxygen atoms in total. The molecular weight excluding hydrogens is 194 g/mol. The molecule has 0 heterocycles. The van der Waals surface area contributed by atoms with Gasteiger partial charge in [0.05, 0.1) is 0 Å². The van der Waals surface area contributed by atoms with Crippen LogP contribution in [0.5, 0.6) is 0 Å². The molecule has 4 unspecified atom stereocenters. The lowest BCUT2D eigenvalue weighted by atomic mass is 9.66. The Labute approximate surface area is 102 Å². The summed E-state index contributed by atoms with van der Waals surface area (Å²) in [7, 11) is 0. The lowest BCUT2D eigenvalue weighted by Crippen LogP contribution is -2.35. The summed E-state index contributed by atoms with van der Waals surface area (Å²) in [5.41, 5.74) is 5.95. The molecule has 4 atom stereocenters. The quantitative estimate of drug-likeness (QED) is 0.750. The number of hydrogen-bond donors (Lipinski definition) is 1. The zero-order valence-electron chi connectivity index (χ0n) is 11.7. The summed E-state index contributed by atoms with van der Waals surface area (Å²) >= 11 is 0. The number of nitrogens with two attached hydrogens (primary N) is 1. The van der Waals surface area contributed by atoms with Crippen LogP contribution in [-0.4, -0.2) is 6.54 Å². The number of hydrogen-bond acceptors (Lipinski definition) is 1. The predicted octanol–water partition coefficient (Wildman–Crippen LogP) is 4.07. The van der Waals surface area contributed by atoms with Crippen LogP contribution in [0, 0.1) is 29.6 Å². The predicted molar refractivity (Wildman–Crippen MR) is 72.3 cm³/mol. The molecule has 0 aromatic rings. The van der Waals surface area contributed by atoms with Crippen LogP contribution in [0.1, 0.15) is 59.8 Å². The third kappa shape index (κ3) is 3.48. The Kier molecular flexibility index (Phi) is 5.82. The zero-order valence-corrected chi connectivity index (χ0v) is 11.7. The van der Waals surface area contributed by atoms with Crippen LogP contribution in [0.3, 0.4) is 0 Å². The van der Waals surface area contributed by atoms with Crippen LogP contribution in [0.15, 0.2) is 0 Å². The molecular formula is C15H31N. The first-order chi connectivity index (χ1) is 7.60. The Morgan fingerprint density at radius 3 is 2.38 bits per heavy atom. The van der Waals surface area contributed by atoms with Crippen LogP contribution in [0.4, 0.5) is 0 Å². The molecule has 0 radical (unpaired) electrons. The number of rotatable bonds is 5. The Bertz CT molecular complexity index is 188. The van der Waals surface area contributed by atoms with Gasteiger partial charge in [-0.1, -0.05) is 40.5 Å². The van der Waals surface area contributed by atoms with E-state index in [4.69, 9.17) is 5.73 Å². The second kappa shape index (κ2) is 6.64. The SMILES string of the molecule is CCCC(C)C1CC(C(C)C)CCC1CN. The standard InChI is InChI=1S/C15H31N/c1-5-6-12(4)15-9-13(11(2)3)7-8-14(15)10-16/h11-15H,5-10,16H2,1-4H3. The molecule has 1 rings (SSSR count). The van der Waals surface area contributed by atoms with Gasteiger partial charge in [-0.05, 0) is 55.4 Å². The van der Waals surface area contributed by atoms with E-state index in [0.29, 0.717) is 0 Å². The van der Waals surface area contributed by atoms with Crippen LogP contribution < -0.4 is 5.73 Å². The summed E-state index contributed by atoms with van der Waals surface area (Å²) in [5, 5.41) is 0. The average Bonchev–Trinajstić information content (AvgIpc) is 2.28. The Morgan fingerprint density at radius 2 is 1.88 bits per heavy atom. The Hall–Kier alpha value is -0.0400. The zero-order chi connectivity index (χ0) is 12.1. The fraction of sp³-hybridized carbons (Fsp3) is 1.00. The van der Waals surface area contributed by atoms with Crippen molar-refractivity contribution >= 4 is 0 Å². The molecule has 0 aromatic carbocycles. The topological polar surface area (TPSA) is 26.0 Å². The maximum absolute atomic E-state index is 5.95. The highest BCUT2D eigenvalue weighted by atomic mass is 14.6. The fourth-order valence-electron chi connectivity index (χ4n) is 3.57. The van der Waals surface area contributed by atoms with Gasteiger partial charge in [0.1, 0.15) is 0 Å². The molecule has 0 spiro atoms. The van der Waals surface area contributed by atoms with Gasteiger partial charge in [0, 0.05) is 0 Å². The van der Waals surface area contributed by atoms with E-state index < -0.39 is 0 Å². The van der Waals surface area contributed by atoms with E-state index in [-0.39, 0.29) is 0 Å². The van der Waals surface area contributed by atoms with E-state index >= 15 is 0 Å². The van der Waals surface area contributed by atoms with Gasteiger partial charge < -0.3 is 5.73 Å². The normalized spacial score (nSPS) is 33.0. The summed E-state index contributed by atoms with van der Waals surface area (Å²) in [5.74, 6) is 4.38. The largest absolute Gasteiger partial charge is 0.330 e. The fourth-order valence-corrected chi connectivity index (χ4v) is 3.57. The summed E-state index contributed by atoms with van der Waals surface area (Å²) in [6, 6.07) is 0. The minimum absolute atomic E-state index is 0.802. The maximum Gasteiger partial charge on any atom is -0.00461 e. The molecule has 16 heavy (non-hydrogen) atoms. The smallest absolute Gasteiger partial charge is 0.00461 e. The highest BCUT2D eigenvalue weighted by Gasteiger charge is 2.33. The lowest BCUT2D eigenvalue weighted by molar-refractivity contribution is 0.105. The minimum atomic E-state index is 0.802. The van der Waals surface area contributed by atoms with Crippen molar-refractivity contribution in [3.05, 3.63) is 0 Å². The highest BCUT2D eigenvalue weighted by molar-refractivity contribution is 4.84. The summed E-state index contributed by atoms with van der Waals surface area (Å²) in [6.07, 6.45) is 6.92. The van der Waals surface area contributed by atoms with E-state index in [1.807, 2.05) is 0 Å². The molecule has 2 N–H and O–H groups in total. The summed E-state index contributed by atoms with van der Waals surface area (Å²) in [6.45, 7) is 10.4. The van der Waals surface area contributed by atoms with Crippen molar-refractivity contribution in [2.24, 2.45) is 35.3 Å². The second-order valence-corrected chi connectivity index (χ2v) is 6.24.